The van der Waals surface area contributed by atoms with E-state index in [2.05, 4.69) is 11.8 Å². The van der Waals surface area contributed by atoms with Crippen molar-refractivity contribution in [3.63, 3.8) is 0 Å². The van der Waals surface area contributed by atoms with Crippen molar-refractivity contribution >= 4 is 17.5 Å². The lowest BCUT2D eigenvalue weighted by Crippen LogP contribution is -2.32. The summed E-state index contributed by atoms with van der Waals surface area (Å²) in [7, 11) is 0. The number of anilines is 1. The summed E-state index contributed by atoms with van der Waals surface area (Å²) >= 11 is 0. The fraction of sp³-hybridized carbons (Fsp3) is 0.333. The van der Waals surface area contributed by atoms with Crippen LogP contribution in [0.4, 0.5) is 5.69 Å². The summed E-state index contributed by atoms with van der Waals surface area (Å²) < 4.78 is 0. The van der Waals surface area contributed by atoms with E-state index in [0.29, 0.717) is 12.2 Å². The standard InChI is InChI=1S/C15H16N2O2/c1-15(2)10-13(18)17(14(15)19)12-7-5-11(6-8-12)4-3-9-16/h5-8H,9-10,16H2,1-2H3. The normalized spacial score (nSPS) is 17.3. The van der Waals surface area contributed by atoms with Gasteiger partial charge in [0.1, 0.15) is 0 Å². The Balaban J connectivity index is 2.28. The summed E-state index contributed by atoms with van der Waals surface area (Å²) in [6.07, 6.45) is 0.251. The molecule has 1 aromatic rings. The summed E-state index contributed by atoms with van der Waals surface area (Å²) in [5.74, 6) is 5.34. The van der Waals surface area contributed by atoms with Gasteiger partial charge in [-0.2, -0.15) is 0 Å². The van der Waals surface area contributed by atoms with Crippen LogP contribution in [-0.2, 0) is 9.59 Å². The quantitative estimate of drug-likeness (QED) is 0.608. The fourth-order valence-corrected chi connectivity index (χ4v) is 2.06. The highest BCUT2D eigenvalue weighted by Crippen LogP contribution is 2.34. The van der Waals surface area contributed by atoms with Crippen LogP contribution in [0.25, 0.3) is 0 Å². The van der Waals surface area contributed by atoms with Gasteiger partial charge in [0, 0.05) is 12.0 Å². The average Bonchev–Trinajstić information content (AvgIpc) is 2.57. The molecule has 1 heterocycles. The highest BCUT2D eigenvalue weighted by Gasteiger charge is 2.45. The number of nitrogens with two attached hydrogens (primary N) is 1. The van der Waals surface area contributed by atoms with Crippen LogP contribution in [0.3, 0.4) is 0 Å². The van der Waals surface area contributed by atoms with E-state index in [9.17, 15) is 9.59 Å². The van der Waals surface area contributed by atoms with Gasteiger partial charge in [0.15, 0.2) is 0 Å². The van der Waals surface area contributed by atoms with Crippen LogP contribution in [0.15, 0.2) is 24.3 Å². The Morgan fingerprint density at radius 2 is 1.89 bits per heavy atom. The predicted molar refractivity (Wildman–Crippen MR) is 73.3 cm³/mol. The second-order valence-corrected chi connectivity index (χ2v) is 5.15. The fourth-order valence-electron chi connectivity index (χ4n) is 2.06. The number of rotatable bonds is 1. The van der Waals surface area contributed by atoms with Crippen molar-refractivity contribution in [1.82, 2.24) is 0 Å². The lowest BCUT2D eigenvalue weighted by molar-refractivity contribution is -0.124. The van der Waals surface area contributed by atoms with Crippen LogP contribution >= 0.6 is 0 Å². The van der Waals surface area contributed by atoms with Gasteiger partial charge in [-0.3, -0.25) is 14.5 Å². The van der Waals surface area contributed by atoms with Crippen LogP contribution in [0.5, 0.6) is 0 Å². The minimum Gasteiger partial charge on any atom is -0.320 e. The maximum absolute atomic E-state index is 12.2. The number of carbonyl (C=O) groups is 2. The van der Waals surface area contributed by atoms with Gasteiger partial charge in [-0.15, -0.1) is 0 Å². The molecule has 0 aliphatic carbocycles. The van der Waals surface area contributed by atoms with E-state index in [1.54, 1.807) is 38.1 Å². The molecule has 0 atom stereocenters. The smallest absolute Gasteiger partial charge is 0.239 e. The first-order valence-electron chi connectivity index (χ1n) is 6.12. The maximum Gasteiger partial charge on any atom is 0.239 e. The number of hydrogen-bond acceptors (Lipinski definition) is 3. The Bertz CT molecular complexity index is 576. The van der Waals surface area contributed by atoms with Crippen LogP contribution in [-0.4, -0.2) is 18.4 Å². The first-order chi connectivity index (χ1) is 8.95. The molecule has 4 nitrogen and oxygen atoms in total. The van der Waals surface area contributed by atoms with Gasteiger partial charge in [0.25, 0.3) is 0 Å². The summed E-state index contributed by atoms with van der Waals surface area (Å²) in [6.45, 7) is 3.88. The summed E-state index contributed by atoms with van der Waals surface area (Å²) in [6, 6.07) is 7.03. The Labute approximate surface area is 112 Å². The number of hydrogen-bond donors (Lipinski definition) is 1. The Hall–Kier alpha value is -2.12. The van der Waals surface area contributed by atoms with Crippen molar-refractivity contribution in [2.75, 3.05) is 11.4 Å². The summed E-state index contributed by atoms with van der Waals surface area (Å²) in [4.78, 5) is 25.3. The molecule has 2 amide bonds. The molecule has 1 saturated heterocycles. The van der Waals surface area contributed by atoms with E-state index in [1.165, 1.54) is 4.90 Å². The molecule has 1 aliphatic rings. The molecule has 0 unspecified atom stereocenters. The molecular weight excluding hydrogens is 240 g/mol. The predicted octanol–water partition coefficient (Wildman–Crippen LogP) is 1.29. The van der Waals surface area contributed by atoms with Crippen molar-refractivity contribution in [2.45, 2.75) is 20.3 Å². The lowest BCUT2D eigenvalue weighted by Gasteiger charge is -2.17. The molecule has 0 radical (unpaired) electrons. The topological polar surface area (TPSA) is 63.4 Å². The van der Waals surface area contributed by atoms with Gasteiger partial charge in [-0.1, -0.05) is 25.7 Å². The maximum atomic E-state index is 12.2. The van der Waals surface area contributed by atoms with Gasteiger partial charge in [0.05, 0.1) is 17.6 Å². The van der Waals surface area contributed by atoms with Crippen molar-refractivity contribution in [3.8, 4) is 11.8 Å². The molecule has 0 spiro atoms. The Morgan fingerprint density at radius 3 is 2.37 bits per heavy atom. The van der Waals surface area contributed by atoms with Crippen LogP contribution in [0, 0.1) is 17.3 Å². The Kier molecular flexibility index (Phi) is 3.41. The van der Waals surface area contributed by atoms with Crippen LogP contribution in [0.1, 0.15) is 25.8 Å². The third kappa shape index (κ3) is 2.51. The SMILES string of the molecule is CC1(C)CC(=O)N(c2ccc(C#CCN)cc2)C1=O. The average molecular weight is 256 g/mol. The minimum absolute atomic E-state index is 0.154. The lowest BCUT2D eigenvalue weighted by atomic mass is 9.92. The summed E-state index contributed by atoms with van der Waals surface area (Å²) in [5.41, 5.74) is 6.09. The Morgan fingerprint density at radius 1 is 1.26 bits per heavy atom. The molecule has 1 aromatic carbocycles. The number of nitrogens with zero attached hydrogens (tertiary/aromatic N) is 1. The van der Waals surface area contributed by atoms with Gasteiger partial charge >= 0.3 is 0 Å². The third-order valence-corrected chi connectivity index (χ3v) is 3.08. The zero-order chi connectivity index (χ0) is 14.0. The van der Waals surface area contributed by atoms with Gasteiger partial charge in [-0.25, -0.2) is 0 Å². The van der Waals surface area contributed by atoms with E-state index >= 15 is 0 Å². The zero-order valence-corrected chi connectivity index (χ0v) is 11.1. The highest BCUT2D eigenvalue weighted by atomic mass is 16.2. The van der Waals surface area contributed by atoms with Crippen LogP contribution in [0.2, 0.25) is 0 Å². The summed E-state index contributed by atoms with van der Waals surface area (Å²) in [5, 5.41) is 0. The molecule has 4 heteroatoms. The first kappa shape index (κ1) is 13.3. The molecular formula is C15H16N2O2. The van der Waals surface area contributed by atoms with Gasteiger partial charge in [-0.05, 0) is 24.3 Å². The van der Waals surface area contributed by atoms with E-state index < -0.39 is 5.41 Å². The largest absolute Gasteiger partial charge is 0.320 e. The van der Waals surface area contributed by atoms with Crippen molar-refractivity contribution < 1.29 is 9.59 Å². The van der Waals surface area contributed by atoms with Crippen molar-refractivity contribution in [3.05, 3.63) is 29.8 Å². The monoisotopic (exact) mass is 256 g/mol. The number of carbonyl (C=O) groups excluding carboxylic acids is 2. The molecule has 98 valence electrons. The van der Waals surface area contributed by atoms with Gasteiger partial charge < -0.3 is 5.73 Å². The highest BCUT2D eigenvalue weighted by molar-refractivity contribution is 6.22. The van der Waals surface area contributed by atoms with E-state index in [0.717, 1.165) is 5.56 Å². The second kappa shape index (κ2) is 4.87. The number of imide groups is 1. The second-order valence-electron chi connectivity index (χ2n) is 5.15. The van der Waals surface area contributed by atoms with Crippen LogP contribution < -0.4 is 10.6 Å². The van der Waals surface area contributed by atoms with E-state index in [1.807, 2.05) is 0 Å². The molecule has 0 aromatic heterocycles. The minimum atomic E-state index is -0.616. The third-order valence-electron chi connectivity index (χ3n) is 3.08. The van der Waals surface area contributed by atoms with E-state index in [-0.39, 0.29) is 18.2 Å². The van der Waals surface area contributed by atoms with E-state index in [4.69, 9.17) is 5.73 Å². The van der Waals surface area contributed by atoms with Crippen molar-refractivity contribution in [2.24, 2.45) is 11.1 Å². The first-order valence-corrected chi connectivity index (χ1v) is 6.12. The molecule has 2 N–H and O–H groups in total. The zero-order valence-electron chi connectivity index (χ0n) is 11.1. The molecule has 19 heavy (non-hydrogen) atoms. The molecule has 0 saturated carbocycles. The number of benzene rings is 1. The molecule has 2 rings (SSSR count). The van der Waals surface area contributed by atoms with Crippen molar-refractivity contribution in [1.29, 1.82) is 0 Å². The van der Waals surface area contributed by atoms with Gasteiger partial charge in [0.2, 0.25) is 11.8 Å². The number of amides is 2. The molecule has 1 fully saturated rings. The molecule has 1 aliphatic heterocycles. The molecule has 0 bridgehead atoms.